The molecule has 0 fully saturated rings. The summed E-state index contributed by atoms with van der Waals surface area (Å²) in [5, 5.41) is 12.4. The van der Waals surface area contributed by atoms with Gasteiger partial charge in [0.1, 0.15) is 5.41 Å². The van der Waals surface area contributed by atoms with Crippen molar-refractivity contribution in [3.05, 3.63) is 17.5 Å². The molecule has 3 nitrogen and oxygen atoms in total. The SMILES string of the molecule is Cc1cnoc1C(C)(C)C#N. The van der Waals surface area contributed by atoms with Crippen molar-refractivity contribution in [1.29, 1.82) is 5.26 Å². The first kappa shape index (κ1) is 7.80. The van der Waals surface area contributed by atoms with Gasteiger partial charge in [-0.15, -0.1) is 0 Å². The minimum absolute atomic E-state index is 0.569. The number of aromatic nitrogens is 1. The molecule has 0 amide bonds. The summed E-state index contributed by atoms with van der Waals surface area (Å²) in [5.41, 5.74) is 0.358. The van der Waals surface area contributed by atoms with Crippen molar-refractivity contribution in [2.45, 2.75) is 26.2 Å². The van der Waals surface area contributed by atoms with Crippen molar-refractivity contribution in [3.63, 3.8) is 0 Å². The lowest BCUT2D eigenvalue weighted by molar-refractivity contribution is 0.346. The molecule has 1 rings (SSSR count). The van der Waals surface area contributed by atoms with Gasteiger partial charge in [-0.25, -0.2) is 0 Å². The highest BCUT2D eigenvalue weighted by Gasteiger charge is 2.26. The molecule has 0 aliphatic heterocycles. The van der Waals surface area contributed by atoms with E-state index in [1.807, 2.05) is 6.92 Å². The van der Waals surface area contributed by atoms with Crippen molar-refractivity contribution in [2.75, 3.05) is 0 Å². The standard InChI is InChI=1S/C8H10N2O/c1-6-4-10-11-7(6)8(2,3)5-9/h4H,1-3H3. The van der Waals surface area contributed by atoms with E-state index in [1.54, 1.807) is 20.0 Å². The van der Waals surface area contributed by atoms with Crippen LogP contribution in [0.3, 0.4) is 0 Å². The van der Waals surface area contributed by atoms with Crippen molar-refractivity contribution in [1.82, 2.24) is 5.16 Å². The second-order valence-corrected chi connectivity index (χ2v) is 3.07. The molecule has 1 aromatic heterocycles. The first-order chi connectivity index (χ1) is 5.08. The third-order valence-electron chi connectivity index (χ3n) is 1.60. The van der Waals surface area contributed by atoms with Crippen LogP contribution in [-0.2, 0) is 5.41 Å². The zero-order chi connectivity index (χ0) is 8.48. The maximum atomic E-state index is 8.75. The van der Waals surface area contributed by atoms with Crippen LogP contribution in [0.1, 0.15) is 25.2 Å². The predicted octanol–water partition coefficient (Wildman–Crippen LogP) is 1.78. The maximum absolute atomic E-state index is 8.75. The predicted molar refractivity (Wildman–Crippen MR) is 39.9 cm³/mol. The Labute approximate surface area is 65.6 Å². The Bertz CT molecular complexity index is 293. The lowest BCUT2D eigenvalue weighted by Gasteiger charge is -2.10. The van der Waals surface area contributed by atoms with Crippen LogP contribution in [0.15, 0.2) is 10.7 Å². The summed E-state index contributed by atoms with van der Waals surface area (Å²) >= 11 is 0. The first-order valence-corrected chi connectivity index (χ1v) is 3.41. The lowest BCUT2D eigenvalue weighted by Crippen LogP contribution is -2.13. The summed E-state index contributed by atoms with van der Waals surface area (Å²) in [5.74, 6) is 0.653. The minimum atomic E-state index is -0.569. The third-order valence-corrected chi connectivity index (χ3v) is 1.60. The van der Waals surface area contributed by atoms with E-state index in [9.17, 15) is 0 Å². The van der Waals surface area contributed by atoms with E-state index in [0.29, 0.717) is 5.76 Å². The molecule has 0 unspecified atom stereocenters. The Balaban J connectivity index is 3.13. The topological polar surface area (TPSA) is 49.8 Å². The van der Waals surface area contributed by atoms with Crippen molar-refractivity contribution < 1.29 is 4.52 Å². The summed E-state index contributed by atoms with van der Waals surface area (Å²) < 4.78 is 4.95. The molecule has 0 saturated carbocycles. The number of rotatable bonds is 1. The van der Waals surface area contributed by atoms with Gasteiger partial charge in [-0.3, -0.25) is 0 Å². The van der Waals surface area contributed by atoms with Gasteiger partial charge in [0.15, 0.2) is 5.76 Å². The Hall–Kier alpha value is -1.30. The minimum Gasteiger partial charge on any atom is -0.359 e. The fraction of sp³-hybridized carbons (Fsp3) is 0.500. The largest absolute Gasteiger partial charge is 0.359 e. The molecule has 0 aliphatic rings. The van der Waals surface area contributed by atoms with Gasteiger partial charge in [0.25, 0.3) is 0 Å². The molecule has 3 heteroatoms. The molecule has 0 saturated heterocycles. The van der Waals surface area contributed by atoms with Gasteiger partial charge < -0.3 is 4.52 Å². The maximum Gasteiger partial charge on any atom is 0.159 e. The Morgan fingerprint density at radius 2 is 2.27 bits per heavy atom. The van der Waals surface area contributed by atoms with Crippen molar-refractivity contribution in [2.24, 2.45) is 0 Å². The van der Waals surface area contributed by atoms with Gasteiger partial charge >= 0.3 is 0 Å². The van der Waals surface area contributed by atoms with E-state index in [-0.39, 0.29) is 0 Å². The molecule has 0 spiro atoms. The highest BCUT2D eigenvalue weighted by atomic mass is 16.5. The van der Waals surface area contributed by atoms with Crippen LogP contribution in [0.5, 0.6) is 0 Å². The normalized spacial score (nSPS) is 11.1. The number of nitrogens with zero attached hydrogens (tertiary/aromatic N) is 2. The molecule has 11 heavy (non-hydrogen) atoms. The van der Waals surface area contributed by atoms with Gasteiger partial charge in [-0.1, -0.05) is 5.16 Å². The fourth-order valence-electron chi connectivity index (χ4n) is 0.947. The Morgan fingerprint density at radius 3 is 2.64 bits per heavy atom. The Morgan fingerprint density at radius 1 is 1.64 bits per heavy atom. The summed E-state index contributed by atoms with van der Waals surface area (Å²) in [7, 11) is 0. The monoisotopic (exact) mass is 150 g/mol. The van der Waals surface area contributed by atoms with Crippen LogP contribution < -0.4 is 0 Å². The summed E-state index contributed by atoms with van der Waals surface area (Å²) in [6.07, 6.45) is 1.62. The van der Waals surface area contributed by atoms with Crippen LogP contribution in [-0.4, -0.2) is 5.16 Å². The van der Waals surface area contributed by atoms with Crippen molar-refractivity contribution in [3.8, 4) is 6.07 Å². The molecular formula is C8H10N2O. The van der Waals surface area contributed by atoms with E-state index in [0.717, 1.165) is 5.56 Å². The smallest absolute Gasteiger partial charge is 0.159 e. The van der Waals surface area contributed by atoms with E-state index >= 15 is 0 Å². The quantitative estimate of drug-likeness (QED) is 0.613. The molecule has 1 heterocycles. The second kappa shape index (κ2) is 2.39. The van der Waals surface area contributed by atoms with Crippen molar-refractivity contribution >= 4 is 0 Å². The van der Waals surface area contributed by atoms with Gasteiger partial charge in [-0.05, 0) is 20.8 Å². The molecule has 0 atom stereocenters. The number of hydrogen-bond donors (Lipinski definition) is 0. The molecule has 0 N–H and O–H groups in total. The number of aryl methyl sites for hydroxylation is 1. The van der Waals surface area contributed by atoms with Gasteiger partial charge in [0.2, 0.25) is 0 Å². The molecule has 0 aliphatic carbocycles. The molecule has 0 bridgehead atoms. The van der Waals surface area contributed by atoms with Crippen LogP contribution in [0.2, 0.25) is 0 Å². The van der Waals surface area contributed by atoms with Gasteiger partial charge in [0, 0.05) is 5.56 Å². The van der Waals surface area contributed by atoms with Gasteiger partial charge in [-0.2, -0.15) is 5.26 Å². The first-order valence-electron chi connectivity index (χ1n) is 3.41. The highest BCUT2D eigenvalue weighted by Crippen LogP contribution is 2.24. The average Bonchev–Trinajstić information content (AvgIpc) is 2.36. The zero-order valence-electron chi connectivity index (χ0n) is 6.88. The summed E-state index contributed by atoms with van der Waals surface area (Å²) in [4.78, 5) is 0. The summed E-state index contributed by atoms with van der Waals surface area (Å²) in [6, 6.07) is 2.15. The van der Waals surface area contributed by atoms with Crippen LogP contribution in [0.25, 0.3) is 0 Å². The van der Waals surface area contributed by atoms with E-state index < -0.39 is 5.41 Å². The molecule has 58 valence electrons. The van der Waals surface area contributed by atoms with E-state index in [1.165, 1.54) is 0 Å². The fourth-order valence-corrected chi connectivity index (χ4v) is 0.947. The van der Waals surface area contributed by atoms with Crippen LogP contribution in [0.4, 0.5) is 0 Å². The highest BCUT2D eigenvalue weighted by molar-refractivity contribution is 5.26. The average molecular weight is 150 g/mol. The molecular weight excluding hydrogens is 140 g/mol. The third kappa shape index (κ3) is 1.25. The van der Waals surface area contributed by atoms with E-state index in [4.69, 9.17) is 9.78 Å². The lowest BCUT2D eigenvalue weighted by atomic mass is 9.90. The second-order valence-electron chi connectivity index (χ2n) is 3.07. The van der Waals surface area contributed by atoms with E-state index in [2.05, 4.69) is 11.2 Å². The van der Waals surface area contributed by atoms with Crippen LogP contribution in [0, 0.1) is 18.3 Å². The Kier molecular flexibility index (Phi) is 1.69. The van der Waals surface area contributed by atoms with Crippen LogP contribution >= 0.6 is 0 Å². The molecule has 0 aromatic carbocycles. The number of hydrogen-bond acceptors (Lipinski definition) is 3. The molecule has 1 aromatic rings. The molecule has 0 radical (unpaired) electrons. The number of nitriles is 1. The van der Waals surface area contributed by atoms with Gasteiger partial charge in [0.05, 0.1) is 12.3 Å². The zero-order valence-corrected chi connectivity index (χ0v) is 6.88. The summed E-state index contributed by atoms with van der Waals surface area (Å²) in [6.45, 7) is 5.49.